The van der Waals surface area contributed by atoms with Crippen LogP contribution in [0.1, 0.15) is 16.7 Å². The molecule has 0 radical (unpaired) electrons. The molecule has 0 saturated carbocycles. The van der Waals surface area contributed by atoms with Gasteiger partial charge in [0, 0.05) is 38.4 Å². The second kappa shape index (κ2) is 5.63. The molecule has 3 nitrogen and oxygen atoms in total. The number of fused-ring (bicyclic) bond motifs is 1. The van der Waals surface area contributed by atoms with Crippen LogP contribution >= 0.6 is 0 Å². The lowest BCUT2D eigenvalue weighted by Gasteiger charge is -2.19. The second-order valence-electron chi connectivity index (χ2n) is 5.49. The zero-order chi connectivity index (χ0) is 13.9. The molecular weight excluding hydrogens is 248 g/mol. The zero-order valence-electron chi connectivity index (χ0n) is 11.9. The zero-order valence-corrected chi connectivity index (χ0v) is 11.9. The van der Waals surface area contributed by atoms with E-state index in [1.54, 1.807) is 4.57 Å². The largest absolute Gasteiger partial charge is 0.318 e. The minimum Gasteiger partial charge on any atom is -0.318 e. The Hall–Kier alpha value is -1.87. The number of aryl methyl sites for hydroxylation is 1. The van der Waals surface area contributed by atoms with Crippen LogP contribution in [0.2, 0.25) is 0 Å². The van der Waals surface area contributed by atoms with E-state index in [1.807, 2.05) is 25.4 Å². The van der Waals surface area contributed by atoms with Gasteiger partial charge >= 0.3 is 0 Å². The quantitative estimate of drug-likeness (QED) is 0.832. The summed E-state index contributed by atoms with van der Waals surface area (Å²) in [5.41, 5.74) is 3.92. The van der Waals surface area contributed by atoms with Crippen LogP contribution in [-0.4, -0.2) is 22.6 Å². The summed E-state index contributed by atoms with van der Waals surface area (Å²) in [6.07, 6.45) is 3.96. The first-order chi connectivity index (χ1) is 9.74. The van der Waals surface area contributed by atoms with Crippen LogP contribution in [0.25, 0.3) is 0 Å². The van der Waals surface area contributed by atoms with Crippen LogP contribution < -0.4 is 5.56 Å². The van der Waals surface area contributed by atoms with Crippen molar-refractivity contribution in [1.82, 2.24) is 9.47 Å². The van der Waals surface area contributed by atoms with Gasteiger partial charge in [-0.25, -0.2) is 0 Å². The Morgan fingerprint density at radius 3 is 2.30 bits per heavy atom. The lowest BCUT2D eigenvalue weighted by molar-refractivity contribution is 0.277. The highest BCUT2D eigenvalue weighted by molar-refractivity contribution is 5.28. The van der Waals surface area contributed by atoms with Crippen molar-refractivity contribution in [2.75, 3.05) is 13.1 Å². The molecule has 0 aliphatic carbocycles. The lowest BCUT2D eigenvalue weighted by atomic mass is 10.0. The van der Waals surface area contributed by atoms with Gasteiger partial charge in [0.25, 0.3) is 5.56 Å². The topological polar surface area (TPSA) is 25.2 Å². The summed E-state index contributed by atoms with van der Waals surface area (Å²) >= 11 is 0. The van der Waals surface area contributed by atoms with Crippen LogP contribution in [0.5, 0.6) is 0 Å². The molecule has 0 unspecified atom stereocenters. The monoisotopic (exact) mass is 268 g/mol. The molecule has 3 heteroatoms. The van der Waals surface area contributed by atoms with Gasteiger partial charge < -0.3 is 4.57 Å². The number of pyridine rings is 1. The third kappa shape index (κ3) is 2.68. The van der Waals surface area contributed by atoms with E-state index < -0.39 is 0 Å². The van der Waals surface area contributed by atoms with Crippen LogP contribution in [0.15, 0.2) is 47.4 Å². The van der Waals surface area contributed by atoms with E-state index in [9.17, 15) is 4.79 Å². The summed E-state index contributed by atoms with van der Waals surface area (Å²) in [5, 5.41) is 0. The van der Waals surface area contributed by atoms with Crippen molar-refractivity contribution >= 4 is 0 Å². The molecule has 104 valence electrons. The van der Waals surface area contributed by atoms with E-state index in [0.29, 0.717) is 0 Å². The standard InChI is InChI=1S/C17H20N2O/c1-18-10-4-7-16(17(18)20)13-19-11-8-14-5-2-3-6-15(14)9-12-19/h2-7,10H,8-9,11-13H2,1H3. The number of rotatable bonds is 2. The average Bonchev–Trinajstić information content (AvgIpc) is 2.67. The predicted octanol–water partition coefficient (Wildman–Crippen LogP) is 1.99. The highest BCUT2D eigenvalue weighted by Gasteiger charge is 2.14. The van der Waals surface area contributed by atoms with Crippen molar-refractivity contribution in [1.29, 1.82) is 0 Å². The molecule has 20 heavy (non-hydrogen) atoms. The van der Waals surface area contributed by atoms with Gasteiger partial charge in [0.05, 0.1) is 0 Å². The molecule has 1 aromatic carbocycles. The van der Waals surface area contributed by atoms with Crippen molar-refractivity contribution in [3.05, 3.63) is 69.6 Å². The first-order valence-corrected chi connectivity index (χ1v) is 7.18. The number of nitrogens with zero attached hydrogens (tertiary/aromatic N) is 2. The Labute approximate surface area is 119 Å². The van der Waals surface area contributed by atoms with Crippen molar-refractivity contribution < 1.29 is 0 Å². The average molecular weight is 268 g/mol. The van der Waals surface area contributed by atoms with E-state index in [2.05, 4.69) is 29.2 Å². The van der Waals surface area contributed by atoms with Gasteiger partial charge in [-0.15, -0.1) is 0 Å². The molecule has 0 saturated heterocycles. The molecule has 0 amide bonds. The molecule has 0 fully saturated rings. The van der Waals surface area contributed by atoms with Crippen molar-refractivity contribution in [2.45, 2.75) is 19.4 Å². The number of aromatic nitrogens is 1. The van der Waals surface area contributed by atoms with Crippen molar-refractivity contribution in [3.63, 3.8) is 0 Å². The van der Waals surface area contributed by atoms with Crippen LogP contribution in [0.3, 0.4) is 0 Å². The van der Waals surface area contributed by atoms with Crippen LogP contribution in [0.4, 0.5) is 0 Å². The fraction of sp³-hybridized carbons (Fsp3) is 0.353. The van der Waals surface area contributed by atoms with Gasteiger partial charge in [-0.3, -0.25) is 9.69 Å². The summed E-state index contributed by atoms with van der Waals surface area (Å²) < 4.78 is 1.65. The van der Waals surface area contributed by atoms with E-state index in [0.717, 1.165) is 38.0 Å². The molecule has 1 aliphatic heterocycles. The van der Waals surface area contributed by atoms with Gasteiger partial charge in [0.1, 0.15) is 0 Å². The minimum atomic E-state index is 0.120. The summed E-state index contributed by atoms with van der Waals surface area (Å²) in [4.78, 5) is 14.5. The molecule has 0 bridgehead atoms. The third-order valence-electron chi connectivity index (χ3n) is 4.11. The Balaban J connectivity index is 1.75. The molecule has 0 N–H and O–H groups in total. The van der Waals surface area contributed by atoms with Gasteiger partial charge in [-0.1, -0.05) is 30.3 Å². The van der Waals surface area contributed by atoms with E-state index in [1.165, 1.54) is 11.1 Å². The Bertz CT molecular complexity index is 633. The molecule has 1 aromatic heterocycles. The smallest absolute Gasteiger partial charge is 0.254 e. The third-order valence-corrected chi connectivity index (χ3v) is 4.11. The maximum absolute atomic E-state index is 12.1. The van der Waals surface area contributed by atoms with Gasteiger partial charge in [0.2, 0.25) is 0 Å². The van der Waals surface area contributed by atoms with Crippen molar-refractivity contribution in [2.24, 2.45) is 7.05 Å². The Kier molecular flexibility index (Phi) is 3.70. The van der Waals surface area contributed by atoms with Crippen LogP contribution in [-0.2, 0) is 26.4 Å². The highest BCUT2D eigenvalue weighted by Crippen LogP contribution is 2.16. The second-order valence-corrected chi connectivity index (χ2v) is 5.49. The molecule has 0 atom stereocenters. The Morgan fingerprint density at radius 1 is 1.00 bits per heavy atom. The fourth-order valence-electron chi connectivity index (χ4n) is 2.89. The first kappa shape index (κ1) is 13.1. The molecule has 2 heterocycles. The van der Waals surface area contributed by atoms with E-state index in [-0.39, 0.29) is 5.56 Å². The van der Waals surface area contributed by atoms with Gasteiger partial charge in [0.15, 0.2) is 0 Å². The SMILES string of the molecule is Cn1cccc(CN2CCc3ccccc3CC2)c1=O. The summed E-state index contributed by atoms with van der Waals surface area (Å²) in [7, 11) is 1.81. The summed E-state index contributed by atoms with van der Waals surface area (Å²) in [6, 6.07) is 12.6. The van der Waals surface area contributed by atoms with Crippen molar-refractivity contribution in [3.8, 4) is 0 Å². The minimum absolute atomic E-state index is 0.120. The Morgan fingerprint density at radius 2 is 1.65 bits per heavy atom. The summed E-state index contributed by atoms with van der Waals surface area (Å²) in [6.45, 7) is 2.80. The van der Waals surface area contributed by atoms with Crippen LogP contribution in [0, 0.1) is 0 Å². The molecule has 0 spiro atoms. The highest BCUT2D eigenvalue weighted by atomic mass is 16.1. The maximum Gasteiger partial charge on any atom is 0.254 e. The normalized spacial score (nSPS) is 15.7. The number of hydrogen-bond acceptors (Lipinski definition) is 2. The van der Waals surface area contributed by atoms with Gasteiger partial charge in [-0.05, 0) is 30.0 Å². The molecular formula is C17H20N2O. The molecule has 2 aromatic rings. The fourth-order valence-corrected chi connectivity index (χ4v) is 2.89. The van der Waals surface area contributed by atoms with E-state index >= 15 is 0 Å². The molecule has 1 aliphatic rings. The predicted molar refractivity (Wildman–Crippen MR) is 80.8 cm³/mol. The summed E-state index contributed by atoms with van der Waals surface area (Å²) in [5.74, 6) is 0. The lowest BCUT2D eigenvalue weighted by Crippen LogP contribution is -2.30. The van der Waals surface area contributed by atoms with Gasteiger partial charge in [-0.2, -0.15) is 0 Å². The maximum atomic E-state index is 12.1. The number of benzene rings is 1. The van der Waals surface area contributed by atoms with E-state index in [4.69, 9.17) is 0 Å². The number of hydrogen-bond donors (Lipinski definition) is 0. The first-order valence-electron chi connectivity index (χ1n) is 7.18. The molecule has 3 rings (SSSR count).